The van der Waals surface area contributed by atoms with Crippen LogP contribution in [-0.2, 0) is 6.61 Å². The molecule has 0 saturated carbocycles. The number of thiazole rings is 1. The molecule has 0 amide bonds. The van der Waals surface area contributed by atoms with E-state index in [-0.39, 0.29) is 0 Å². The molecule has 0 N–H and O–H groups in total. The molecule has 1 aromatic heterocycles. The summed E-state index contributed by atoms with van der Waals surface area (Å²) in [5.74, 6) is 0.883. The van der Waals surface area contributed by atoms with Gasteiger partial charge in [0.15, 0.2) is 0 Å². The van der Waals surface area contributed by atoms with Crippen molar-refractivity contribution in [2.24, 2.45) is 0 Å². The average Bonchev–Trinajstić information content (AvgIpc) is 2.90. The van der Waals surface area contributed by atoms with Crippen molar-refractivity contribution in [2.75, 3.05) is 0 Å². The van der Waals surface area contributed by atoms with Crippen molar-refractivity contribution < 1.29 is 4.74 Å². The summed E-state index contributed by atoms with van der Waals surface area (Å²) in [6.07, 6.45) is 0. The van der Waals surface area contributed by atoms with Crippen molar-refractivity contribution >= 4 is 22.9 Å². The summed E-state index contributed by atoms with van der Waals surface area (Å²) in [7, 11) is 0. The van der Waals surface area contributed by atoms with Crippen LogP contribution < -0.4 is 4.74 Å². The van der Waals surface area contributed by atoms with E-state index in [1.54, 1.807) is 11.3 Å². The molecular weight excluding hydrogens is 326 g/mol. The van der Waals surface area contributed by atoms with Gasteiger partial charge in [-0.3, -0.25) is 0 Å². The Labute approximate surface area is 145 Å². The second kappa shape index (κ2) is 6.73. The first-order valence-electron chi connectivity index (χ1n) is 7.45. The summed E-state index contributed by atoms with van der Waals surface area (Å²) in [6, 6.07) is 13.9. The van der Waals surface area contributed by atoms with Gasteiger partial charge in [0.05, 0.1) is 5.69 Å². The Balaban J connectivity index is 1.76. The van der Waals surface area contributed by atoms with Crippen LogP contribution in [0.5, 0.6) is 5.75 Å². The van der Waals surface area contributed by atoms with E-state index >= 15 is 0 Å². The minimum Gasteiger partial charge on any atom is -0.487 e. The van der Waals surface area contributed by atoms with Crippen LogP contribution >= 0.6 is 22.9 Å². The maximum Gasteiger partial charge on any atom is 0.131 e. The van der Waals surface area contributed by atoms with E-state index in [0.717, 1.165) is 27.0 Å². The summed E-state index contributed by atoms with van der Waals surface area (Å²) >= 11 is 7.62. The highest BCUT2D eigenvalue weighted by Crippen LogP contribution is 2.29. The van der Waals surface area contributed by atoms with Gasteiger partial charge in [0, 0.05) is 15.5 Å². The lowest BCUT2D eigenvalue weighted by Gasteiger charge is -2.07. The second-order valence-electron chi connectivity index (χ2n) is 5.56. The van der Waals surface area contributed by atoms with Gasteiger partial charge in [-0.05, 0) is 56.2 Å². The molecule has 0 aliphatic heterocycles. The molecular formula is C19H18ClNOS. The molecule has 0 bridgehead atoms. The lowest BCUT2D eigenvalue weighted by Crippen LogP contribution is -1.98. The molecule has 0 atom stereocenters. The zero-order valence-electron chi connectivity index (χ0n) is 13.4. The molecule has 0 aliphatic carbocycles. The summed E-state index contributed by atoms with van der Waals surface area (Å²) in [6.45, 7) is 6.76. The normalized spacial score (nSPS) is 10.8. The zero-order valence-corrected chi connectivity index (χ0v) is 15.0. The lowest BCUT2D eigenvalue weighted by atomic mass is 10.1. The van der Waals surface area contributed by atoms with Gasteiger partial charge in [0.25, 0.3) is 0 Å². The van der Waals surface area contributed by atoms with Gasteiger partial charge in [-0.15, -0.1) is 11.3 Å². The smallest absolute Gasteiger partial charge is 0.131 e. The first-order chi connectivity index (χ1) is 11.0. The van der Waals surface area contributed by atoms with Gasteiger partial charge >= 0.3 is 0 Å². The Kier molecular flexibility index (Phi) is 4.69. The molecule has 4 heteroatoms. The quantitative estimate of drug-likeness (QED) is 0.582. The third-order valence-electron chi connectivity index (χ3n) is 3.84. The fourth-order valence-electron chi connectivity index (χ4n) is 2.23. The number of nitrogens with zero attached hydrogens (tertiary/aromatic N) is 1. The van der Waals surface area contributed by atoms with Crippen LogP contribution in [0.4, 0.5) is 0 Å². The summed E-state index contributed by atoms with van der Waals surface area (Å²) in [5.41, 5.74) is 4.57. The fourth-order valence-corrected chi connectivity index (χ4v) is 3.28. The Bertz CT molecular complexity index is 824. The van der Waals surface area contributed by atoms with Crippen molar-refractivity contribution in [3.8, 4) is 16.3 Å². The number of aryl methyl sites for hydroxylation is 3. The van der Waals surface area contributed by atoms with Crippen molar-refractivity contribution in [2.45, 2.75) is 27.4 Å². The predicted octanol–water partition coefficient (Wildman–Crippen LogP) is 5.97. The maximum absolute atomic E-state index is 5.94. The van der Waals surface area contributed by atoms with Crippen molar-refractivity contribution in [1.29, 1.82) is 0 Å². The topological polar surface area (TPSA) is 22.1 Å². The third-order valence-corrected chi connectivity index (χ3v) is 5.15. The molecule has 0 saturated heterocycles. The van der Waals surface area contributed by atoms with E-state index in [1.807, 2.05) is 30.3 Å². The highest BCUT2D eigenvalue weighted by molar-refractivity contribution is 7.15. The van der Waals surface area contributed by atoms with E-state index in [0.29, 0.717) is 6.61 Å². The molecule has 2 nitrogen and oxygen atoms in total. The van der Waals surface area contributed by atoms with E-state index < -0.39 is 0 Å². The molecule has 1 heterocycles. The van der Waals surface area contributed by atoms with Crippen LogP contribution in [0.2, 0.25) is 5.02 Å². The summed E-state index contributed by atoms with van der Waals surface area (Å²) < 4.78 is 5.90. The van der Waals surface area contributed by atoms with E-state index in [9.17, 15) is 0 Å². The van der Waals surface area contributed by atoms with E-state index in [1.165, 1.54) is 16.0 Å². The minimum atomic E-state index is 0.485. The number of hydrogen-bond acceptors (Lipinski definition) is 3. The van der Waals surface area contributed by atoms with Gasteiger partial charge in [-0.25, -0.2) is 4.98 Å². The number of rotatable bonds is 4. The van der Waals surface area contributed by atoms with Crippen LogP contribution in [0.3, 0.4) is 0 Å². The van der Waals surface area contributed by atoms with Crippen LogP contribution in [0.25, 0.3) is 10.6 Å². The van der Waals surface area contributed by atoms with Gasteiger partial charge < -0.3 is 4.74 Å². The van der Waals surface area contributed by atoms with E-state index in [2.05, 4.69) is 32.9 Å². The number of halogens is 1. The van der Waals surface area contributed by atoms with Crippen LogP contribution in [-0.4, -0.2) is 4.98 Å². The molecule has 0 unspecified atom stereocenters. The van der Waals surface area contributed by atoms with Crippen LogP contribution in [0.1, 0.15) is 21.7 Å². The number of aromatic nitrogens is 1. The Morgan fingerprint density at radius 2 is 1.74 bits per heavy atom. The highest BCUT2D eigenvalue weighted by Gasteiger charge is 2.10. The molecule has 0 spiro atoms. The molecule has 118 valence electrons. The SMILES string of the molecule is Cc1ccc(OCc2nc(-c3ccc(Cl)cc3)sc2C)cc1C. The monoisotopic (exact) mass is 343 g/mol. The van der Waals surface area contributed by atoms with Crippen LogP contribution in [0.15, 0.2) is 42.5 Å². The third kappa shape index (κ3) is 3.74. The highest BCUT2D eigenvalue weighted by atomic mass is 35.5. The average molecular weight is 344 g/mol. The van der Waals surface area contributed by atoms with Crippen molar-refractivity contribution in [1.82, 2.24) is 4.98 Å². The van der Waals surface area contributed by atoms with Crippen molar-refractivity contribution in [3.05, 3.63) is 69.2 Å². The lowest BCUT2D eigenvalue weighted by molar-refractivity contribution is 0.301. The van der Waals surface area contributed by atoms with Gasteiger partial charge in [-0.2, -0.15) is 0 Å². The standard InChI is InChI=1S/C19H18ClNOS/c1-12-4-9-17(10-13(12)2)22-11-18-14(3)23-19(21-18)15-5-7-16(20)8-6-15/h4-10H,11H2,1-3H3. The predicted molar refractivity (Wildman–Crippen MR) is 97.5 cm³/mol. The van der Waals surface area contributed by atoms with Gasteiger partial charge in [-0.1, -0.05) is 29.8 Å². The number of hydrogen-bond donors (Lipinski definition) is 0. The van der Waals surface area contributed by atoms with Gasteiger partial charge in [0.1, 0.15) is 17.4 Å². The zero-order chi connectivity index (χ0) is 16.4. The molecule has 3 rings (SSSR count). The Morgan fingerprint density at radius 1 is 1.00 bits per heavy atom. The Morgan fingerprint density at radius 3 is 2.43 bits per heavy atom. The first kappa shape index (κ1) is 16.0. The number of ether oxygens (including phenoxy) is 1. The molecule has 3 aromatic rings. The molecule has 2 aromatic carbocycles. The second-order valence-corrected chi connectivity index (χ2v) is 7.20. The Hall–Kier alpha value is -1.84. The van der Waals surface area contributed by atoms with Gasteiger partial charge in [0.2, 0.25) is 0 Å². The summed E-state index contributed by atoms with van der Waals surface area (Å²) in [5, 5.41) is 1.73. The first-order valence-corrected chi connectivity index (χ1v) is 8.64. The molecule has 0 fully saturated rings. The molecule has 0 aliphatic rings. The summed E-state index contributed by atoms with van der Waals surface area (Å²) in [4.78, 5) is 5.89. The van der Waals surface area contributed by atoms with E-state index in [4.69, 9.17) is 21.3 Å². The van der Waals surface area contributed by atoms with Crippen molar-refractivity contribution in [3.63, 3.8) is 0 Å². The molecule has 23 heavy (non-hydrogen) atoms. The fraction of sp³-hybridized carbons (Fsp3) is 0.211. The van der Waals surface area contributed by atoms with Crippen LogP contribution in [0, 0.1) is 20.8 Å². The largest absolute Gasteiger partial charge is 0.487 e. The molecule has 0 radical (unpaired) electrons. The number of benzene rings is 2. The maximum atomic E-state index is 5.94. The minimum absolute atomic E-state index is 0.485.